The maximum absolute atomic E-state index is 11.0. The second-order valence-corrected chi connectivity index (χ2v) is 8.91. The molecule has 0 aromatic heterocycles. The molecule has 1 aliphatic heterocycles. The van der Waals surface area contributed by atoms with Crippen molar-refractivity contribution < 1.29 is 29.2 Å². The van der Waals surface area contributed by atoms with Crippen molar-refractivity contribution in [2.75, 3.05) is 27.9 Å². The maximum atomic E-state index is 11.0. The molecule has 0 spiro atoms. The molecular formula is C22H35BrO6. The minimum Gasteiger partial charge on any atom is -0.495 e. The molecule has 0 bridgehead atoms. The van der Waals surface area contributed by atoms with Crippen molar-refractivity contribution in [1.82, 2.24) is 0 Å². The Kier molecular flexibility index (Phi) is 8.64. The van der Waals surface area contributed by atoms with Crippen molar-refractivity contribution in [3.63, 3.8) is 0 Å². The average Bonchev–Trinajstić information content (AvgIpc) is 2.71. The first-order valence-electron chi connectivity index (χ1n) is 10.2. The number of rotatable bonds is 8. The summed E-state index contributed by atoms with van der Waals surface area (Å²) in [4.78, 5) is 0. The van der Waals surface area contributed by atoms with Crippen molar-refractivity contribution in [2.24, 2.45) is 17.8 Å². The molecule has 29 heavy (non-hydrogen) atoms. The van der Waals surface area contributed by atoms with E-state index in [9.17, 15) is 10.2 Å². The van der Waals surface area contributed by atoms with Gasteiger partial charge in [-0.15, -0.1) is 0 Å². The molecule has 1 heterocycles. The Hall–Kier alpha value is -1.02. The van der Waals surface area contributed by atoms with E-state index in [2.05, 4.69) is 15.9 Å². The quantitative estimate of drug-likeness (QED) is 0.585. The molecule has 1 aliphatic rings. The zero-order valence-corrected chi connectivity index (χ0v) is 20.1. The highest BCUT2D eigenvalue weighted by atomic mass is 79.9. The fourth-order valence-electron chi connectivity index (χ4n) is 4.24. The van der Waals surface area contributed by atoms with Crippen LogP contribution in [0.4, 0.5) is 0 Å². The third-order valence-corrected chi connectivity index (χ3v) is 6.97. The Bertz CT molecular complexity index is 695. The van der Waals surface area contributed by atoms with Crippen LogP contribution in [-0.4, -0.2) is 50.4 Å². The summed E-state index contributed by atoms with van der Waals surface area (Å²) in [5, 5.41) is 20.3. The molecule has 2 rings (SSSR count). The van der Waals surface area contributed by atoms with E-state index in [0.717, 1.165) is 28.4 Å². The lowest BCUT2D eigenvalue weighted by Gasteiger charge is -2.44. The first-order chi connectivity index (χ1) is 13.7. The van der Waals surface area contributed by atoms with E-state index in [1.54, 1.807) is 21.3 Å². The number of benzene rings is 1. The van der Waals surface area contributed by atoms with Crippen LogP contribution < -0.4 is 14.2 Å². The predicted molar refractivity (Wildman–Crippen MR) is 116 cm³/mol. The number of methoxy groups -OCH3 is 3. The topological polar surface area (TPSA) is 77.4 Å². The van der Waals surface area contributed by atoms with Crippen molar-refractivity contribution in [1.29, 1.82) is 0 Å². The van der Waals surface area contributed by atoms with Gasteiger partial charge in [0.25, 0.3) is 0 Å². The first-order valence-corrected chi connectivity index (χ1v) is 10.9. The lowest BCUT2D eigenvalue weighted by atomic mass is 9.78. The number of aliphatic hydroxyl groups excluding tert-OH is 2. The summed E-state index contributed by atoms with van der Waals surface area (Å²) in [6, 6.07) is 0. The van der Waals surface area contributed by atoms with Gasteiger partial charge in [0, 0.05) is 29.6 Å². The lowest BCUT2D eigenvalue weighted by Crippen LogP contribution is -2.45. The molecule has 0 radical (unpaired) electrons. The molecule has 6 nitrogen and oxygen atoms in total. The number of halogens is 1. The van der Waals surface area contributed by atoms with Crippen molar-refractivity contribution in [2.45, 2.75) is 58.8 Å². The van der Waals surface area contributed by atoms with E-state index in [1.807, 2.05) is 27.7 Å². The predicted octanol–water partition coefficient (Wildman–Crippen LogP) is 4.26. The minimum absolute atomic E-state index is 0.00819. The van der Waals surface area contributed by atoms with Gasteiger partial charge in [-0.3, -0.25) is 0 Å². The molecule has 166 valence electrons. The summed E-state index contributed by atoms with van der Waals surface area (Å²) in [6.07, 6.45) is 0.540. The van der Waals surface area contributed by atoms with Crippen LogP contribution in [0.25, 0.3) is 0 Å². The van der Waals surface area contributed by atoms with Gasteiger partial charge in [-0.2, -0.15) is 0 Å². The average molecular weight is 475 g/mol. The van der Waals surface area contributed by atoms with Crippen molar-refractivity contribution in [3.05, 3.63) is 15.6 Å². The molecule has 1 aromatic rings. The van der Waals surface area contributed by atoms with Gasteiger partial charge in [-0.25, -0.2) is 0 Å². The minimum atomic E-state index is -0.530. The SMILES string of the molecule is COc1c(C)c(OC)c(OC)c([C@@H]2O[C@H](CC[C@H](C)CO)[C@H](C)[C@H](O)[C@H]2C)c1Br. The van der Waals surface area contributed by atoms with Gasteiger partial charge >= 0.3 is 0 Å². The summed E-state index contributed by atoms with van der Waals surface area (Å²) >= 11 is 3.68. The van der Waals surface area contributed by atoms with Crippen LogP contribution in [0.15, 0.2) is 4.47 Å². The van der Waals surface area contributed by atoms with Gasteiger partial charge in [0.1, 0.15) is 5.75 Å². The van der Waals surface area contributed by atoms with E-state index in [1.165, 1.54) is 0 Å². The van der Waals surface area contributed by atoms with Crippen LogP contribution in [-0.2, 0) is 4.74 Å². The molecule has 0 saturated carbocycles. The van der Waals surface area contributed by atoms with Crippen LogP contribution in [0.5, 0.6) is 17.2 Å². The summed E-state index contributed by atoms with van der Waals surface area (Å²) in [6.45, 7) is 8.09. The standard InChI is InChI=1S/C22H35BrO6/c1-11(10-24)8-9-15-12(2)18(25)13(3)19(29-15)16-17(23)20(26-5)14(4)21(27-6)22(16)28-7/h11-13,15,18-19,24-25H,8-10H2,1-7H3/t11-,12-,13+,15+,18-,19+/m0/s1. The molecule has 1 saturated heterocycles. The second-order valence-electron chi connectivity index (χ2n) is 8.12. The summed E-state index contributed by atoms with van der Waals surface area (Å²) in [5.41, 5.74) is 1.61. The van der Waals surface area contributed by atoms with Gasteiger partial charge in [0.2, 0.25) is 0 Å². The lowest BCUT2D eigenvalue weighted by molar-refractivity contribution is -0.169. The third-order valence-electron chi connectivity index (χ3n) is 6.18. The highest BCUT2D eigenvalue weighted by molar-refractivity contribution is 9.10. The summed E-state index contributed by atoms with van der Waals surface area (Å²) in [7, 11) is 4.82. The molecule has 1 fully saturated rings. The van der Waals surface area contributed by atoms with Crippen molar-refractivity contribution >= 4 is 15.9 Å². The zero-order valence-electron chi connectivity index (χ0n) is 18.5. The highest BCUT2D eigenvalue weighted by Gasteiger charge is 2.44. The fourth-order valence-corrected chi connectivity index (χ4v) is 5.11. The maximum Gasteiger partial charge on any atom is 0.168 e. The first kappa shape index (κ1) is 24.3. The van der Waals surface area contributed by atoms with Gasteiger partial charge in [-0.1, -0.05) is 20.8 Å². The molecule has 6 atom stereocenters. The molecule has 0 unspecified atom stereocenters. The van der Waals surface area contributed by atoms with Crippen LogP contribution in [0, 0.1) is 24.7 Å². The van der Waals surface area contributed by atoms with Gasteiger partial charge < -0.3 is 29.2 Å². The normalized spacial score (nSPS) is 28.1. The number of ether oxygens (including phenoxy) is 4. The largest absolute Gasteiger partial charge is 0.495 e. The number of aliphatic hydroxyl groups is 2. The summed E-state index contributed by atoms with van der Waals surface area (Å²) < 4.78 is 24.3. The van der Waals surface area contributed by atoms with E-state index >= 15 is 0 Å². The fraction of sp³-hybridized carbons (Fsp3) is 0.727. The Morgan fingerprint density at radius 2 is 1.62 bits per heavy atom. The molecule has 0 amide bonds. The Balaban J connectivity index is 2.53. The molecule has 0 aliphatic carbocycles. The smallest absolute Gasteiger partial charge is 0.168 e. The van der Waals surface area contributed by atoms with Crippen LogP contribution in [0.3, 0.4) is 0 Å². The van der Waals surface area contributed by atoms with Crippen LogP contribution in [0.2, 0.25) is 0 Å². The van der Waals surface area contributed by atoms with E-state index in [0.29, 0.717) is 17.2 Å². The zero-order chi connectivity index (χ0) is 21.9. The van der Waals surface area contributed by atoms with Crippen molar-refractivity contribution in [3.8, 4) is 17.2 Å². The Morgan fingerprint density at radius 1 is 1.03 bits per heavy atom. The van der Waals surface area contributed by atoms with Gasteiger partial charge in [-0.05, 0) is 41.6 Å². The highest BCUT2D eigenvalue weighted by Crippen LogP contribution is 2.53. The van der Waals surface area contributed by atoms with E-state index < -0.39 is 12.2 Å². The van der Waals surface area contributed by atoms with E-state index in [4.69, 9.17) is 18.9 Å². The monoisotopic (exact) mass is 474 g/mol. The molecule has 7 heteroatoms. The third kappa shape index (κ3) is 4.68. The molecule has 2 N–H and O–H groups in total. The van der Waals surface area contributed by atoms with Crippen LogP contribution >= 0.6 is 15.9 Å². The Morgan fingerprint density at radius 3 is 2.14 bits per heavy atom. The Labute approximate surface area is 182 Å². The van der Waals surface area contributed by atoms with Gasteiger partial charge in [0.15, 0.2) is 11.5 Å². The van der Waals surface area contributed by atoms with Crippen LogP contribution in [0.1, 0.15) is 50.8 Å². The summed E-state index contributed by atoms with van der Waals surface area (Å²) in [5.74, 6) is 1.87. The number of hydrogen-bond donors (Lipinski definition) is 2. The molecular weight excluding hydrogens is 440 g/mol. The molecule has 1 aromatic carbocycles. The number of hydrogen-bond acceptors (Lipinski definition) is 6. The van der Waals surface area contributed by atoms with Gasteiger partial charge in [0.05, 0.1) is 44.1 Å². The second kappa shape index (κ2) is 10.3. The van der Waals surface area contributed by atoms with E-state index in [-0.39, 0.29) is 30.5 Å².